The van der Waals surface area contributed by atoms with Crippen molar-refractivity contribution in [1.29, 1.82) is 5.26 Å². The number of aromatic nitrogens is 3. The Kier molecular flexibility index (Phi) is 4.28. The van der Waals surface area contributed by atoms with Crippen molar-refractivity contribution in [3.05, 3.63) is 58.5 Å². The van der Waals surface area contributed by atoms with Gasteiger partial charge in [0.05, 0.1) is 28.7 Å². The summed E-state index contributed by atoms with van der Waals surface area (Å²) in [7, 11) is 0. The zero-order valence-electron chi connectivity index (χ0n) is 16.9. The number of hydrogen-bond donors (Lipinski definition) is 0. The molecule has 150 valence electrons. The number of imidazole rings is 1. The number of benzene rings is 1. The Hall–Kier alpha value is -3.66. The zero-order valence-corrected chi connectivity index (χ0v) is 16.9. The van der Waals surface area contributed by atoms with Crippen molar-refractivity contribution in [1.82, 2.24) is 14.4 Å². The Morgan fingerprint density at radius 3 is 2.70 bits per heavy atom. The standard InChI is InChI=1S/C23H21N5O2/c1-14-12-28-13-20(26-22(28)15(2)25-14)19-9-17-3-4-18(10-21(17)30-23(19)29)27-7-5-16(11-24)6-8-27/h3-4,9-10,12-13,16H,5-8H2,1-2H3. The molecule has 1 aromatic carbocycles. The first kappa shape index (κ1) is 18.4. The van der Waals surface area contributed by atoms with E-state index in [1.165, 1.54) is 0 Å². The number of piperidine rings is 1. The lowest BCUT2D eigenvalue weighted by atomic mass is 9.98. The van der Waals surface area contributed by atoms with E-state index < -0.39 is 5.63 Å². The fraction of sp³-hybridized carbons (Fsp3) is 0.304. The number of hydrogen-bond acceptors (Lipinski definition) is 6. The van der Waals surface area contributed by atoms with E-state index in [4.69, 9.17) is 9.68 Å². The van der Waals surface area contributed by atoms with Crippen molar-refractivity contribution in [2.45, 2.75) is 26.7 Å². The molecule has 0 radical (unpaired) electrons. The van der Waals surface area contributed by atoms with Gasteiger partial charge < -0.3 is 13.7 Å². The van der Waals surface area contributed by atoms with Crippen LogP contribution in [0.15, 0.2) is 45.9 Å². The average molecular weight is 399 g/mol. The van der Waals surface area contributed by atoms with Crippen molar-refractivity contribution < 1.29 is 4.42 Å². The molecule has 1 aliphatic rings. The number of fused-ring (bicyclic) bond motifs is 2. The SMILES string of the molecule is Cc1cn2cc(-c3cc4ccc(N5CCC(C#N)CC5)cc4oc3=O)nc2c(C)n1. The van der Waals surface area contributed by atoms with E-state index in [2.05, 4.69) is 20.9 Å². The van der Waals surface area contributed by atoms with Gasteiger partial charge in [0.1, 0.15) is 5.58 Å². The highest BCUT2D eigenvalue weighted by atomic mass is 16.4. The topological polar surface area (TPSA) is 87.4 Å². The fourth-order valence-electron chi connectivity index (χ4n) is 4.18. The van der Waals surface area contributed by atoms with Crippen LogP contribution in [0.4, 0.5) is 5.69 Å². The zero-order chi connectivity index (χ0) is 20.8. The van der Waals surface area contributed by atoms with E-state index in [-0.39, 0.29) is 5.92 Å². The number of nitriles is 1. The van der Waals surface area contributed by atoms with Gasteiger partial charge in [-0.15, -0.1) is 0 Å². The summed E-state index contributed by atoms with van der Waals surface area (Å²) in [5, 5.41) is 9.94. The van der Waals surface area contributed by atoms with E-state index in [9.17, 15) is 4.79 Å². The van der Waals surface area contributed by atoms with Gasteiger partial charge in [-0.1, -0.05) is 0 Å². The fourth-order valence-corrected chi connectivity index (χ4v) is 4.18. The van der Waals surface area contributed by atoms with Crippen LogP contribution in [-0.2, 0) is 0 Å². The molecular formula is C23H21N5O2. The Balaban J connectivity index is 1.53. The summed E-state index contributed by atoms with van der Waals surface area (Å²) in [5.41, 5.74) is 4.60. The average Bonchev–Trinajstić information content (AvgIpc) is 3.17. The Morgan fingerprint density at radius 1 is 1.13 bits per heavy atom. The molecule has 30 heavy (non-hydrogen) atoms. The Bertz CT molecular complexity index is 1370. The van der Waals surface area contributed by atoms with Crippen LogP contribution >= 0.6 is 0 Å². The molecule has 3 aromatic heterocycles. The summed E-state index contributed by atoms with van der Waals surface area (Å²) in [5.74, 6) is 0.134. The minimum absolute atomic E-state index is 0.134. The second kappa shape index (κ2) is 6.99. The first-order chi connectivity index (χ1) is 14.5. The van der Waals surface area contributed by atoms with Crippen molar-refractivity contribution in [3.63, 3.8) is 0 Å². The van der Waals surface area contributed by atoms with Crippen molar-refractivity contribution in [3.8, 4) is 17.3 Å². The summed E-state index contributed by atoms with van der Waals surface area (Å²) in [4.78, 5) is 24.0. The third-order valence-electron chi connectivity index (χ3n) is 5.76. The molecule has 4 heterocycles. The summed E-state index contributed by atoms with van der Waals surface area (Å²) < 4.78 is 7.56. The molecule has 0 atom stereocenters. The normalized spacial score (nSPS) is 15.0. The highest BCUT2D eigenvalue weighted by Gasteiger charge is 2.20. The molecule has 0 saturated carbocycles. The lowest BCUT2D eigenvalue weighted by Gasteiger charge is -2.31. The van der Waals surface area contributed by atoms with Gasteiger partial charge in [0.2, 0.25) is 0 Å². The molecule has 1 saturated heterocycles. The maximum atomic E-state index is 12.8. The van der Waals surface area contributed by atoms with Crippen LogP contribution in [0.3, 0.4) is 0 Å². The Morgan fingerprint density at radius 2 is 1.93 bits per heavy atom. The van der Waals surface area contributed by atoms with E-state index in [1.807, 2.05) is 54.9 Å². The van der Waals surface area contributed by atoms with Crippen LogP contribution in [0.5, 0.6) is 0 Å². The van der Waals surface area contributed by atoms with Gasteiger partial charge in [-0.25, -0.2) is 9.78 Å². The molecule has 7 heteroatoms. The number of rotatable bonds is 2. The van der Waals surface area contributed by atoms with Crippen molar-refractivity contribution in [2.24, 2.45) is 5.92 Å². The van der Waals surface area contributed by atoms with Gasteiger partial charge in [0, 0.05) is 48.5 Å². The van der Waals surface area contributed by atoms with Gasteiger partial charge in [-0.2, -0.15) is 5.26 Å². The summed E-state index contributed by atoms with van der Waals surface area (Å²) in [6, 6.07) is 10.1. The van der Waals surface area contributed by atoms with Gasteiger partial charge >= 0.3 is 5.63 Å². The van der Waals surface area contributed by atoms with Gasteiger partial charge in [-0.3, -0.25) is 4.98 Å². The molecule has 4 aromatic rings. The molecule has 0 N–H and O–H groups in total. The first-order valence-corrected chi connectivity index (χ1v) is 10.1. The van der Waals surface area contributed by atoms with E-state index >= 15 is 0 Å². The molecule has 0 amide bonds. The van der Waals surface area contributed by atoms with Gasteiger partial charge in [-0.05, 0) is 44.9 Å². The van der Waals surface area contributed by atoms with Gasteiger partial charge in [0.15, 0.2) is 5.65 Å². The molecule has 5 rings (SSSR count). The largest absolute Gasteiger partial charge is 0.422 e. The second-order valence-electron chi connectivity index (χ2n) is 7.88. The summed E-state index contributed by atoms with van der Waals surface area (Å²) >= 11 is 0. The Labute approximate surface area is 173 Å². The minimum Gasteiger partial charge on any atom is -0.422 e. The first-order valence-electron chi connectivity index (χ1n) is 10.1. The molecule has 0 unspecified atom stereocenters. The molecule has 0 bridgehead atoms. The van der Waals surface area contributed by atoms with Crippen LogP contribution in [0.1, 0.15) is 24.2 Å². The predicted molar refractivity (Wildman–Crippen MR) is 114 cm³/mol. The molecular weight excluding hydrogens is 378 g/mol. The van der Waals surface area contributed by atoms with Crippen molar-refractivity contribution in [2.75, 3.05) is 18.0 Å². The molecule has 1 fully saturated rings. The smallest absolute Gasteiger partial charge is 0.345 e. The maximum Gasteiger partial charge on any atom is 0.345 e. The minimum atomic E-state index is -0.409. The van der Waals surface area contributed by atoms with Crippen LogP contribution in [-0.4, -0.2) is 27.5 Å². The lowest BCUT2D eigenvalue weighted by Crippen LogP contribution is -2.33. The van der Waals surface area contributed by atoms with Crippen LogP contribution in [0.25, 0.3) is 27.9 Å². The van der Waals surface area contributed by atoms with Crippen molar-refractivity contribution >= 4 is 22.3 Å². The molecule has 0 aliphatic carbocycles. The molecule has 7 nitrogen and oxygen atoms in total. The number of anilines is 1. The van der Waals surface area contributed by atoms with Gasteiger partial charge in [0.25, 0.3) is 0 Å². The lowest BCUT2D eigenvalue weighted by molar-refractivity contribution is 0.487. The van der Waals surface area contributed by atoms with Crippen LogP contribution < -0.4 is 10.5 Å². The highest BCUT2D eigenvalue weighted by Crippen LogP contribution is 2.28. The van der Waals surface area contributed by atoms with E-state index in [1.54, 1.807) is 0 Å². The third kappa shape index (κ3) is 3.11. The molecule has 1 aliphatic heterocycles. The predicted octanol–water partition coefficient (Wildman–Crippen LogP) is 3.86. The highest BCUT2D eigenvalue weighted by molar-refractivity contribution is 5.84. The van der Waals surface area contributed by atoms with Crippen LogP contribution in [0, 0.1) is 31.1 Å². The number of nitrogens with zero attached hydrogens (tertiary/aromatic N) is 5. The van der Waals surface area contributed by atoms with Crippen LogP contribution in [0.2, 0.25) is 0 Å². The summed E-state index contributed by atoms with van der Waals surface area (Å²) in [6.45, 7) is 5.50. The quantitative estimate of drug-likeness (QED) is 0.476. The second-order valence-corrected chi connectivity index (χ2v) is 7.88. The molecule has 0 spiro atoms. The van der Waals surface area contributed by atoms with E-state index in [0.29, 0.717) is 16.8 Å². The van der Waals surface area contributed by atoms with E-state index in [0.717, 1.165) is 54.0 Å². The third-order valence-corrected chi connectivity index (χ3v) is 5.76. The summed E-state index contributed by atoms with van der Waals surface area (Å²) in [6.07, 6.45) is 5.45. The number of aryl methyl sites for hydroxylation is 2. The monoisotopic (exact) mass is 399 g/mol. The maximum absolute atomic E-state index is 12.8.